The number of fused-ring (bicyclic) bond motifs is 1. The van der Waals surface area contributed by atoms with Crippen molar-refractivity contribution in [2.45, 2.75) is 59.9 Å². The van der Waals surface area contributed by atoms with Crippen molar-refractivity contribution in [3.63, 3.8) is 0 Å². The summed E-state index contributed by atoms with van der Waals surface area (Å²) in [5, 5.41) is 11.5. The Labute approximate surface area is 247 Å². The maximum absolute atomic E-state index is 13.0. The van der Waals surface area contributed by atoms with E-state index in [2.05, 4.69) is 6.07 Å². The van der Waals surface area contributed by atoms with Gasteiger partial charge in [0.05, 0.1) is 23.8 Å². The first kappa shape index (κ1) is 28.8. The van der Waals surface area contributed by atoms with Gasteiger partial charge in [-0.2, -0.15) is 0 Å². The summed E-state index contributed by atoms with van der Waals surface area (Å²) < 4.78 is 19.3. The van der Waals surface area contributed by atoms with Gasteiger partial charge in [0.1, 0.15) is 22.9 Å². The Kier molecular flexibility index (Phi) is 8.25. The van der Waals surface area contributed by atoms with Gasteiger partial charge in [0.2, 0.25) is 0 Å². The van der Waals surface area contributed by atoms with Gasteiger partial charge in [-0.05, 0) is 113 Å². The Bertz CT molecular complexity index is 1680. The number of carbonyl (C=O) groups is 1. The molecule has 0 saturated heterocycles. The summed E-state index contributed by atoms with van der Waals surface area (Å²) in [6.07, 6.45) is 0.165. The lowest BCUT2D eigenvalue weighted by molar-refractivity contribution is 0.0689. The lowest BCUT2D eigenvalue weighted by atomic mass is 9.99. The summed E-state index contributed by atoms with van der Waals surface area (Å²) in [5.74, 6) is 1.26. The van der Waals surface area contributed by atoms with E-state index in [0.717, 1.165) is 50.5 Å². The lowest BCUT2D eigenvalue weighted by Crippen LogP contribution is -2.09. The lowest BCUT2D eigenvalue weighted by Gasteiger charge is -2.13. The predicted octanol–water partition coefficient (Wildman–Crippen LogP) is 9.02. The van der Waals surface area contributed by atoms with Gasteiger partial charge in [-0.15, -0.1) is 0 Å². The third kappa shape index (κ3) is 6.13. The molecule has 5 aromatic rings. The van der Waals surface area contributed by atoms with Gasteiger partial charge >= 0.3 is 5.97 Å². The highest BCUT2D eigenvalue weighted by molar-refractivity contribution is 6.10. The number of hydrogen-bond acceptors (Lipinski definition) is 4. The minimum Gasteiger partial charge on any atom is -0.491 e. The standard InChI is InChI=1S/C36H37NO5/c1-22(2)40-29-14-7-25(8-15-29)27-11-20-32-33(21-27)37(28-12-18-31(19-13-28)42-24(5)6)35(36(38)39)34(32)26-9-16-30(17-10-26)41-23(3)4/h7-24H,1-6H3,(H,38,39). The monoisotopic (exact) mass is 563 g/mol. The van der Waals surface area contributed by atoms with Gasteiger partial charge in [-0.25, -0.2) is 4.79 Å². The molecule has 5 rings (SSSR count). The van der Waals surface area contributed by atoms with Gasteiger partial charge in [-0.3, -0.25) is 0 Å². The first-order chi connectivity index (χ1) is 20.1. The number of rotatable bonds is 10. The van der Waals surface area contributed by atoms with Crippen molar-refractivity contribution in [1.82, 2.24) is 4.57 Å². The molecule has 216 valence electrons. The molecule has 0 atom stereocenters. The second-order valence-corrected chi connectivity index (χ2v) is 11.1. The van der Waals surface area contributed by atoms with Crippen LogP contribution < -0.4 is 14.2 Å². The molecule has 0 radical (unpaired) electrons. The zero-order chi connectivity index (χ0) is 30.0. The van der Waals surface area contributed by atoms with Crippen LogP contribution in [0.15, 0.2) is 91.0 Å². The van der Waals surface area contributed by atoms with E-state index in [1.807, 2.05) is 131 Å². The van der Waals surface area contributed by atoms with E-state index in [4.69, 9.17) is 14.2 Å². The number of benzene rings is 4. The number of carboxylic acid groups (broad SMARTS) is 1. The van der Waals surface area contributed by atoms with Crippen LogP contribution in [0.3, 0.4) is 0 Å². The SMILES string of the molecule is CC(C)Oc1ccc(-c2ccc3c(-c4ccc(OC(C)C)cc4)c(C(=O)O)n(-c4ccc(OC(C)C)cc4)c3c2)cc1. The summed E-state index contributed by atoms with van der Waals surface area (Å²) in [6.45, 7) is 11.9. The molecule has 1 heterocycles. The van der Waals surface area contributed by atoms with Crippen molar-refractivity contribution in [3.05, 3.63) is 96.7 Å². The Morgan fingerprint density at radius 2 is 1.02 bits per heavy atom. The molecule has 0 aliphatic rings. The van der Waals surface area contributed by atoms with E-state index in [1.165, 1.54) is 0 Å². The number of ether oxygens (including phenoxy) is 3. The first-order valence-corrected chi connectivity index (χ1v) is 14.3. The minimum absolute atomic E-state index is 0.0342. The molecule has 0 spiro atoms. The number of carboxylic acids is 1. The number of nitrogens with zero attached hydrogens (tertiary/aromatic N) is 1. The van der Waals surface area contributed by atoms with Crippen LogP contribution in [0.2, 0.25) is 0 Å². The zero-order valence-electron chi connectivity index (χ0n) is 24.9. The van der Waals surface area contributed by atoms with E-state index in [9.17, 15) is 9.90 Å². The number of hydrogen-bond donors (Lipinski definition) is 1. The summed E-state index contributed by atoms with van der Waals surface area (Å²) in [6, 6.07) is 29.2. The largest absolute Gasteiger partial charge is 0.491 e. The second kappa shape index (κ2) is 12.0. The minimum atomic E-state index is -1.01. The maximum Gasteiger partial charge on any atom is 0.353 e. The molecule has 0 aliphatic heterocycles. The van der Waals surface area contributed by atoms with Gasteiger partial charge in [-0.1, -0.05) is 36.4 Å². The van der Waals surface area contributed by atoms with Crippen LogP contribution in [-0.2, 0) is 0 Å². The van der Waals surface area contributed by atoms with Crippen LogP contribution in [-0.4, -0.2) is 34.0 Å². The summed E-state index contributed by atoms with van der Waals surface area (Å²) in [7, 11) is 0. The van der Waals surface area contributed by atoms with Gasteiger partial charge in [0.25, 0.3) is 0 Å². The van der Waals surface area contributed by atoms with E-state index in [1.54, 1.807) is 0 Å². The molecule has 42 heavy (non-hydrogen) atoms. The fraction of sp³-hybridized carbons (Fsp3) is 0.250. The molecule has 0 aliphatic carbocycles. The van der Waals surface area contributed by atoms with E-state index in [-0.39, 0.29) is 24.0 Å². The first-order valence-electron chi connectivity index (χ1n) is 14.3. The molecule has 0 amide bonds. The Morgan fingerprint density at radius 3 is 1.48 bits per heavy atom. The van der Waals surface area contributed by atoms with E-state index >= 15 is 0 Å². The molecule has 6 nitrogen and oxygen atoms in total. The van der Waals surface area contributed by atoms with Crippen molar-refractivity contribution in [1.29, 1.82) is 0 Å². The number of aromatic nitrogens is 1. The molecular weight excluding hydrogens is 526 g/mol. The molecule has 0 unspecified atom stereocenters. The normalized spacial score (nSPS) is 11.5. The Morgan fingerprint density at radius 1 is 0.595 bits per heavy atom. The fourth-order valence-corrected chi connectivity index (χ4v) is 5.15. The maximum atomic E-state index is 13.0. The van der Waals surface area contributed by atoms with Crippen molar-refractivity contribution >= 4 is 16.9 Å². The number of aromatic carboxylic acids is 1. The van der Waals surface area contributed by atoms with Crippen LogP contribution in [0.1, 0.15) is 52.0 Å². The third-order valence-electron chi connectivity index (χ3n) is 6.71. The molecule has 4 aromatic carbocycles. The fourth-order valence-electron chi connectivity index (χ4n) is 5.15. The average Bonchev–Trinajstić information content (AvgIpc) is 3.28. The molecule has 1 N–H and O–H groups in total. The summed E-state index contributed by atoms with van der Waals surface area (Å²) in [5.41, 5.74) is 5.16. The predicted molar refractivity (Wildman–Crippen MR) is 168 cm³/mol. The van der Waals surface area contributed by atoms with Gasteiger partial charge in [0.15, 0.2) is 0 Å². The molecule has 0 bridgehead atoms. The molecule has 1 aromatic heterocycles. The molecular formula is C36H37NO5. The molecule has 6 heteroatoms. The van der Waals surface area contributed by atoms with Crippen molar-refractivity contribution in [3.8, 4) is 45.2 Å². The van der Waals surface area contributed by atoms with Gasteiger partial charge in [0, 0.05) is 16.6 Å². The van der Waals surface area contributed by atoms with Crippen LogP contribution in [0.25, 0.3) is 38.8 Å². The van der Waals surface area contributed by atoms with E-state index in [0.29, 0.717) is 5.56 Å². The quantitative estimate of drug-likeness (QED) is 0.184. The average molecular weight is 564 g/mol. The highest BCUT2D eigenvalue weighted by Gasteiger charge is 2.25. The van der Waals surface area contributed by atoms with E-state index < -0.39 is 5.97 Å². The highest BCUT2D eigenvalue weighted by Crippen LogP contribution is 2.40. The molecule has 0 saturated carbocycles. The molecule has 0 fully saturated rings. The van der Waals surface area contributed by atoms with Crippen molar-refractivity contribution in [2.24, 2.45) is 0 Å². The zero-order valence-corrected chi connectivity index (χ0v) is 24.9. The van der Waals surface area contributed by atoms with Crippen molar-refractivity contribution in [2.75, 3.05) is 0 Å². The van der Waals surface area contributed by atoms with Crippen LogP contribution in [0.4, 0.5) is 0 Å². The van der Waals surface area contributed by atoms with Crippen LogP contribution in [0.5, 0.6) is 17.2 Å². The summed E-state index contributed by atoms with van der Waals surface area (Å²) in [4.78, 5) is 13.0. The third-order valence-corrected chi connectivity index (χ3v) is 6.71. The van der Waals surface area contributed by atoms with Gasteiger partial charge < -0.3 is 23.9 Å². The van der Waals surface area contributed by atoms with Crippen LogP contribution in [0, 0.1) is 0 Å². The van der Waals surface area contributed by atoms with Crippen molar-refractivity contribution < 1.29 is 24.1 Å². The van der Waals surface area contributed by atoms with Crippen LogP contribution >= 0.6 is 0 Å². The Hall–Kier alpha value is -4.71. The highest BCUT2D eigenvalue weighted by atomic mass is 16.5. The smallest absolute Gasteiger partial charge is 0.353 e. The summed E-state index contributed by atoms with van der Waals surface area (Å²) >= 11 is 0. The second-order valence-electron chi connectivity index (χ2n) is 11.1. The Balaban J connectivity index is 1.71. The topological polar surface area (TPSA) is 69.9 Å².